The van der Waals surface area contributed by atoms with Gasteiger partial charge in [-0.05, 0) is 75.9 Å². The van der Waals surface area contributed by atoms with E-state index in [2.05, 4.69) is 41.5 Å². The molecule has 0 aliphatic carbocycles. The van der Waals surface area contributed by atoms with Crippen LogP contribution in [0.4, 0.5) is 5.69 Å². The number of hydrogen-bond donors (Lipinski definition) is 2. The van der Waals surface area contributed by atoms with Gasteiger partial charge >= 0.3 is 0 Å². The highest BCUT2D eigenvalue weighted by molar-refractivity contribution is 5.95. The highest BCUT2D eigenvalue weighted by Gasteiger charge is 2.21. The molecule has 6 heteroatoms. The van der Waals surface area contributed by atoms with Crippen molar-refractivity contribution in [2.45, 2.75) is 52.5 Å². The first-order chi connectivity index (χ1) is 14.2. The van der Waals surface area contributed by atoms with Crippen molar-refractivity contribution in [2.75, 3.05) is 44.2 Å². The Labute approximate surface area is 175 Å². The largest absolute Gasteiger partial charge is 0.357 e. The van der Waals surface area contributed by atoms with Crippen LogP contribution in [0.2, 0.25) is 0 Å². The van der Waals surface area contributed by atoms with Crippen LogP contribution in [0.25, 0.3) is 0 Å². The number of aliphatic imine (C=N–C) groups is 1. The molecule has 160 valence electrons. The number of nitrogens with zero attached hydrogens (tertiary/aromatic N) is 3. The first-order valence-corrected chi connectivity index (χ1v) is 11.3. The number of benzene rings is 1. The molecular formula is C23H37N5O. The van der Waals surface area contributed by atoms with Crippen LogP contribution in [-0.4, -0.2) is 56.0 Å². The molecule has 0 aromatic heterocycles. The molecule has 6 nitrogen and oxygen atoms in total. The summed E-state index contributed by atoms with van der Waals surface area (Å²) in [6.07, 6.45) is 5.43. The normalized spacial score (nSPS) is 19.0. The number of amides is 1. The Morgan fingerprint density at radius 1 is 1.14 bits per heavy atom. The van der Waals surface area contributed by atoms with E-state index in [1.165, 1.54) is 25.9 Å². The summed E-state index contributed by atoms with van der Waals surface area (Å²) >= 11 is 0. The van der Waals surface area contributed by atoms with Crippen molar-refractivity contribution in [1.82, 2.24) is 15.5 Å². The van der Waals surface area contributed by atoms with Crippen LogP contribution in [0.15, 0.2) is 29.3 Å². The fourth-order valence-corrected chi connectivity index (χ4v) is 4.01. The van der Waals surface area contributed by atoms with Crippen molar-refractivity contribution in [3.05, 3.63) is 29.8 Å². The van der Waals surface area contributed by atoms with Gasteiger partial charge in [-0.25, -0.2) is 4.99 Å². The van der Waals surface area contributed by atoms with Gasteiger partial charge in [0.15, 0.2) is 5.96 Å². The molecule has 2 saturated heterocycles. The third-order valence-corrected chi connectivity index (χ3v) is 5.91. The molecule has 0 unspecified atom stereocenters. The van der Waals surface area contributed by atoms with E-state index >= 15 is 0 Å². The zero-order chi connectivity index (χ0) is 20.5. The Balaban J connectivity index is 1.43. The lowest BCUT2D eigenvalue weighted by Gasteiger charge is -2.30. The fourth-order valence-electron chi connectivity index (χ4n) is 4.01. The first kappa shape index (κ1) is 21.6. The van der Waals surface area contributed by atoms with Crippen molar-refractivity contribution in [3.63, 3.8) is 0 Å². The fraction of sp³-hybridized carbons (Fsp3) is 0.652. The van der Waals surface area contributed by atoms with Crippen LogP contribution in [-0.2, 0) is 11.3 Å². The number of carbonyl (C=O) groups excluding carboxylic acids is 1. The molecule has 2 aliphatic heterocycles. The number of anilines is 1. The number of rotatable bonds is 8. The van der Waals surface area contributed by atoms with Gasteiger partial charge in [-0.2, -0.15) is 0 Å². The molecule has 1 aromatic carbocycles. The van der Waals surface area contributed by atoms with Gasteiger partial charge in [-0.15, -0.1) is 0 Å². The highest BCUT2D eigenvalue weighted by atomic mass is 16.2. The molecule has 2 heterocycles. The van der Waals surface area contributed by atoms with E-state index in [0.29, 0.717) is 13.0 Å². The van der Waals surface area contributed by atoms with Crippen molar-refractivity contribution >= 4 is 17.6 Å². The van der Waals surface area contributed by atoms with E-state index in [0.717, 1.165) is 62.1 Å². The van der Waals surface area contributed by atoms with Gasteiger partial charge in [-0.3, -0.25) is 4.79 Å². The molecule has 1 amide bonds. The zero-order valence-electron chi connectivity index (χ0n) is 18.1. The lowest BCUT2D eigenvalue weighted by atomic mass is 9.99. The molecule has 2 N–H and O–H groups in total. The Hall–Kier alpha value is -2.08. The second-order valence-corrected chi connectivity index (χ2v) is 8.32. The van der Waals surface area contributed by atoms with Crippen LogP contribution in [0.1, 0.15) is 51.5 Å². The Bertz CT molecular complexity index is 664. The quantitative estimate of drug-likeness (QED) is 0.401. The van der Waals surface area contributed by atoms with Gasteiger partial charge in [-0.1, -0.05) is 19.1 Å². The van der Waals surface area contributed by atoms with Crippen LogP contribution < -0.4 is 15.5 Å². The molecule has 1 aromatic rings. The topological polar surface area (TPSA) is 60.0 Å². The molecule has 2 aliphatic rings. The van der Waals surface area contributed by atoms with Crippen LogP contribution >= 0.6 is 0 Å². The molecule has 0 radical (unpaired) electrons. The Morgan fingerprint density at radius 2 is 1.90 bits per heavy atom. The predicted octanol–water partition coefficient (Wildman–Crippen LogP) is 2.99. The van der Waals surface area contributed by atoms with Gasteiger partial charge in [0.1, 0.15) is 0 Å². The Morgan fingerprint density at radius 3 is 2.55 bits per heavy atom. The molecule has 3 rings (SSSR count). The maximum Gasteiger partial charge on any atom is 0.227 e. The van der Waals surface area contributed by atoms with E-state index in [1.807, 2.05) is 17.0 Å². The summed E-state index contributed by atoms with van der Waals surface area (Å²) in [5, 5.41) is 6.79. The van der Waals surface area contributed by atoms with E-state index < -0.39 is 0 Å². The van der Waals surface area contributed by atoms with Crippen molar-refractivity contribution in [1.29, 1.82) is 0 Å². The molecule has 0 spiro atoms. The maximum absolute atomic E-state index is 11.9. The SMILES string of the molecule is CCNC(=NCc1ccc(N2CCCC2=O)cc1)NCCCN1CCC(C)CC1. The average molecular weight is 400 g/mol. The summed E-state index contributed by atoms with van der Waals surface area (Å²) in [5.41, 5.74) is 2.15. The minimum Gasteiger partial charge on any atom is -0.357 e. The van der Waals surface area contributed by atoms with Crippen molar-refractivity contribution < 1.29 is 4.79 Å². The van der Waals surface area contributed by atoms with Gasteiger partial charge in [0, 0.05) is 31.7 Å². The number of hydrogen-bond acceptors (Lipinski definition) is 3. The van der Waals surface area contributed by atoms with E-state index in [9.17, 15) is 4.79 Å². The third kappa shape index (κ3) is 6.74. The standard InChI is InChI=1S/C23H37N5O/c1-3-24-23(25-13-5-14-27-16-11-19(2)12-17-27)26-18-20-7-9-21(10-8-20)28-15-4-6-22(28)29/h7-10,19H,3-6,11-18H2,1-2H3,(H2,24,25,26). The number of carbonyl (C=O) groups is 1. The lowest BCUT2D eigenvalue weighted by Crippen LogP contribution is -2.39. The first-order valence-electron chi connectivity index (χ1n) is 11.3. The summed E-state index contributed by atoms with van der Waals surface area (Å²) in [6, 6.07) is 8.22. The minimum absolute atomic E-state index is 0.230. The number of guanidine groups is 1. The van der Waals surface area contributed by atoms with Crippen LogP contribution in [0, 0.1) is 5.92 Å². The van der Waals surface area contributed by atoms with Gasteiger partial charge in [0.2, 0.25) is 5.91 Å². The van der Waals surface area contributed by atoms with Gasteiger partial charge in [0.25, 0.3) is 0 Å². The van der Waals surface area contributed by atoms with Crippen molar-refractivity contribution in [2.24, 2.45) is 10.9 Å². The van der Waals surface area contributed by atoms with E-state index in [4.69, 9.17) is 4.99 Å². The predicted molar refractivity (Wildman–Crippen MR) is 120 cm³/mol. The third-order valence-electron chi connectivity index (χ3n) is 5.91. The summed E-state index contributed by atoms with van der Waals surface area (Å²) in [7, 11) is 0. The maximum atomic E-state index is 11.9. The summed E-state index contributed by atoms with van der Waals surface area (Å²) in [4.78, 5) is 21.1. The summed E-state index contributed by atoms with van der Waals surface area (Å²) in [5.74, 6) is 1.99. The molecule has 0 saturated carbocycles. The second-order valence-electron chi connectivity index (χ2n) is 8.32. The second kappa shape index (κ2) is 11.2. The van der Waals surface area contributed by atoms with E-state index in [-0.39, 0.29) is 5.91 Å². The monoisotopic (exact) mass is 399 g/mol. The van der Waals surface area contributed by atoms with Crippen molar-refractivity contribution in [3.8, 4) is 0 Å². The molecule has 0 bridgehead atoms. The minimum atomic E-state index is 0.230. The number of piperidine rings is 1. The molecule has 29 heavy (non-hydrogen) atoms. The van der Waals surface area contributed by atoms with E-state index in [1.54, 1.807) is 0 Å². The number of nitrogens with one attached hydrogen (secondary N) is 2. The summed E-state index contributed by atoms with van der Waals surface area (Å²) in [6.45, 7) is 11.4. The number of likely N-dealkylation sites (tertiary alicyclic amines) is 1. The van der Waals surface area contributed by atoms with Crippen LogP contribution in [0.3, 0.4) is 0 Å². The Kier molecular flexibility index (Phi) is 8.35. The zero-order valence-corrected chi connectivity index (χ0v) is 18.1. The molecule has 2 fully saturated rings. The van der Waals surface area contributed by atoms with Crippen LogP contribution in [0.5, 0.6) is 0 Å². The molecular weight excluding hydrogens is 362 g/mol. The van der Waals surface area contributed by atoms with Gasteiger partial charge < -0.3 is 20.4 Å². The van der Waals surface area contributed by atoms with Gasteiger partial charge in [0.05, 0.1) is 6.54 Å². The highest BCUT2D eigenvalue weighted by Crippen LogP contribution is 2.21. The smallest absolute Gasteiger partial charge is 0.227 e. The lowest BCUT2D eigenvalue weighted by molar-refractivity contribution is -0.117. The average Bonchev–Trinajstić information content (AvgIpc) is 3.17. The summed E-state index contributed by atoms with van der Waals surface area (Å²) < 4.78 is 0. The molecule has 0 atom stereocenters.